The first kappa shape index (κ1) is 27.4. The fraction of sp³-hybridized carbons (Fsp3) is 0. The van der Waals surface area contributed by atoms with Crippen LogP contribution in [-0.2, 0) is 0 Å². The highest BCUT2D eigenvalue weighted by Gasteiger charge is 2.20. The summed E-state index contributed by atoms with van der Waals surface area (Å²) in [6.07, 6.45) is 0. The predicted molar refractivity (Wildman–Crippen MR) is 207 cm³/mol. The van der Waals surface area contributed by atoms with Crippen molar-refractivity contribution in [2.45, 2.75) is 0 Å². The molecule has 0 saturated carbocycles. The summed E-state index contributed by atoms with van der Waals surface area (Å²) in [5, 5.41) is 5.31. The van der Waals surface area contributed by atoms with Crippen LogP contribution in [0.25, 0.3) is 96.1 Å². The van der Waals surface area contributed by atoms with Crippen LogP contribution in [0.4, 0.5) is 0 Å². The molecule has 4 heteroatoms. The van der Waals surface area contributed by atoms with Gasteiger partial charge in [-0.05, 0) is 53.1 Å². The van der Waals surface area contributed by atoms with Crippen LogP contribution in [0.15, 0.2) is 158 Å². The zero-order valence-electron chi connectivity index (χ0n) is 25.7. The highest BCUT2D eigenvalue weighted by Crippen LogP contribution is 2.49. The Bertz CT molecular complexity index is 2820. The van der Waals surface area contributed by atoms with Gasteiger partial charge in [-0.15, -0.1) is 22.7 Å². The van der Waals surface area contributed by atoms with Gasteiger partial charge in [0.05, 0.1) is 22.4 Å². The van der Waals surface area contributed by atoms with Crippen LogP contribution in [0, 0.1) is 0 Å². The Labute approximate surface area is 285 Å². The van der Waals surface area contributed by atoms with E-state index in [1.54, 1.807) is 0 Å². The fourth-order valence-electron chi connectivity index (χ4n) is 7.01. The summed E-state index contributed by atoms with van der Waals surface area (Å²) in [5.74, 6) is 0. The van der Waals surface area contributed by atoms with Gasteiger partial charge in [0.25, 0.3) is 0 Å². The lowest BCUT2D eigenvalue weighted by Gasteiger charge is -2.13. The first-order chi connectivity index (χ1) is 23.8. The molecule has 10 rings (SSSR count). The lowest BCUT2D eigenvalue weighted by molar-refractivity contribution is 1.29. The Morgan fingerprint density at radius 2 is 0.938 bits per heavy atom. The molecule has 3 aromatic heterocycles. The van der Waals surface area contributed by atoms with Gasteiger partial charge in [-0.3, -0.25) is 0 Å². The van der Waals surface area contributed by atoms with Crippen molar-refractivity contribution >= 4 is 74.1 Å². The minimum atomic E-state index is 0.886. The Balaban J connectivity index is 1.18. The number of thiophene rings is 2. The molecule has 0 atom stereocenters. The van der Waals surface area contributed by atoms with Gasteiger partial charge in [-0.25, -0.2) is 9.97 Å². The number of rotatable bonds is 4. The van der Waals surface area contributed by atoms with E-state index in [1.165, 1.54) is 57.0 Å². The number of hydrogen-bond donors (Lipinski definition) is 0. The molecule has 0 N–H and O–H groups in total. The third-order valence-corrected chi connectivity index (χ3v) is 11.6. The third kappa shape index (κ3) is 4.38. The Morgan fingerprint density at radius 1 is 0.354 bits per heavy atom. The summed E-state index contributed by atoms with van der Waals surface area (Å²) < 4.78 is 5.30. The quantitative estimate of drug-likeness (QED) is 0.190. The van der Waals surface area contributed by atoms with Crippen molar-refractivity contribution in [2.24, 2.45) is 0 Å². The van der Waals surface area contributed by atoms with E-state index in [-0.39, 0.29) is 0 Å². The largest absolute Gasteiger partial charge is 0.244 e. The Hall–Kier alpha value is -5.68. The molecule has 48 heavy (non-hydrogen) atoms. The Kier molecular flexibility index (Phi) is 6.26. The van der Waals surface area contributed by atoms with Crippen LogP contribution in [-0.4, -0.2) is 9.97 Å². The van der Waals surface area contributed by atoms with E-state index in [0.717, 1.165) is 39.1 Å². The maximum atomic E-state index is 5.23. The van der Waals surface area contributed by atoms with E-state index in [1.807, 2.05) is 46.9 Å². The van der Waals surface area contributed by atoms with Crippen LogP contribution in [0.3, 0.4) is 0 Å². The topological polar surface area (TPSA) is 25.8 Å². The predicted octanol–water partition coefficient (Wildman–Crippen LogP) is 13.0. The molecule has 0 spiro atoms. The monoisotopic (exact) mass is 646 g/mol. The van der Waals surface area contributed by atoms with E-state index in [9.17, 15) is 0 Å². The van der Waals surface area contributed by atoms with Crippen molar-refractivity contribution in [3.63, 3.8) is 0 Å². The van der Waals surface area contributed by atoms with Crippen LogP contribution in [0.2, 0.25) is 0 Å². The average molecular weight is 647 g/mol. The number of fused-ring (bicyclic) bond motifs is 7. The van der Waals surface area contributed by atoms with E-state index in [0.29, 0.717) is 0 Å². The molecule has 0 aliphatic rings. The smallest absolute Gasteiger partial charge is 0.0973 e. The molecule has 0 fully saturated rings. The van der Waals surface area contributed by atoms with E-state index in [4.69, 9.17) is 9.97 Å². The van der Waals surface area contributed by atoms with Crippen molar-refractivity contribution < 1.29 is 0 Å². The second-order valence-electron chi connectivity index (χ2n) is 12.1. The van der Waals surface area contributed by atoms with Gasteiger partial charge in [0.2, 0.25) is 0 Å². The molecule has 10 aromatic rings. The van der Waals surface area contributed by atoms with Gasteiger partial charge < -0.3 is 0 Å². The van der Waals surface area contributed by atoms with Crippen LogP contribution in [0.5, 0.6) is 0 Å². The molecule has 0 bridgehead atoms. The van der Waals surface area contributed by atoms with Crippen molar-refractivity contribution in [3.05, 3.63) is 158 Å². The third-order valence-electron chi connectivity index (χ3n) is 9.27. The van der Waals surface area contributed by atoms with Gasteiger partial charge >= 0.3 is 0 Å². The van der Waals surface area contributed by atoms with Gasteiger partial charge in [0, 0.05) is 57.0 Å². The number of hydrogen-bond acceptors (Lipinski definition) is 4. The van der Waals surface area contributed by atoms with E-state index < -0.39 is 0 Å². The summed E-state index contributed by atoms with van der Waals surface area (Å²) in [7, 11) is 0. The molecule has 0 amide bonds. The molecule has 224 valence electrons. The molecule has 0 radical (unpaired) electrons. The zero-order chi connectivity index (χ0) is 31.6. The van der Waals surface area contributed by atoms with Crippen LogP contribution >= 0.6 is 22.7 Å². The van der Waals surface area contributed by atoms with Gasteiger partial charge in [-0.1, -0.05) is 121 Å². The average Bonchev–Trinajstić information content (AvgIpc) is 3.72. The van der Waals surface area contributed by atoms with Crippen LogP contribution < -0.4 is 0 Å². The number of nitrogens with zero attached hydrogens (tertiary/aromatic N) is 2. The van der Waals surface area contributed by atoms with Crippen molar-refractivity contribution in [2.75, 3.05) is 0 Å². The lowest BCUT2D eigenvalue weighted by atomic mass is 9.95. The summed E-state index contributed by atoms with van der Waals surface area (Å²) in [6, 6.07) is 56.3. The summed E-state index contributed by atoms with van der Waals surface area (Å²) >= 11 is 3.78. The summed E-state index contributed by atoms with van der Waals surface area (Å²) in [5.41, 5.74) is 10.5. The second kappa shape index (κ2) is 11.0. The SMILES string of the molecule is c1ccc(-c2cccc(-c3nc4ccccc4nc3-c3ccc(-c4c5sc6ccccc6c5cc5sc6ccccc6c45)cc3)c2)cc1. The van der Waals surface area contributed by atoms with Crippen LogP contribution in [0.1, 0.15) is 0 Å². The second-order valence-corrected chi connectivity index (χ2v) is 14.3. The molecule has 0 aliphatic heterocycles. The van der Waals surface area contributed by atoms with Gasteiger partial charge in [-0.2, -0.15) is 0 Å². The number of benzene rings is 7. The van der Waals surface area contributed by atoms with Crippen molar-refractivity contribution in [1.82, 2.24) is 9.97 Å². The minimum absolute atomic E-state index is 0.886. The molecule has 2 nitrogen and oxygen atoms in total. The highest BCUT2D eigenvalue weighted by atomic mass is 32.1. The highest BCUT2D eigenvalue weighted by molar-refractivity contribution is 7.28. The Morgan fingerprint density at radius 3 is 1.71 bits per heavy atom. The molecule has 7 aromatic carbocycles. The maximum Gasteiger partial charge on any atom is 0.0973 e. The van der Waals surface area contributed by atoms with Gasteiger partial charge in [0.15, 0.2) is 0 Å². The van der Waals surface area contributed by atoms with Crippen molar-refractivity contribution in [1.29, 1.82) is 0 Å². The number of para-hydroxylation sites is 2. The number of aromatic nitrogens is 2. The molecule has 0 saturated heterocycles. The molecule has 0 aliphatic carbocycles. The zero-order valence-corrected chi connectivity index (χ0v) is 27.4. The standard InChI is InChI=1S/C44H26N2S2/c1-2-11-27(12-3-1)30-13-10-14-31(25-30)43-42(45-35-17-6-7-18-36(35)46-43)29-23-21-28(22-24-29)40-41-33-16-5-9-20-38(33)47-39(41)26-34-32-15-4-8-19-37(32)48-44(34)40/h1-26H. The van der Waals surface area contributed by atoms with Gasteiger partial charge in [0.1, 0.15) is 0 Å². The van der Waals surface area contributed by atoms with E-state index >= 15 is 0 Å². The summed E-state index contributed by atoms with van der Waals surface area (Å²) in [4.78, 5) is 10.4. The molecular weight excluding hydrogens is 621 g/mol. The normalized spacial score (nSPS) is 11.8. The summed E-state index contributed by atoms with van der Waals surface area (Å²) in [6.45, 7) is 0. The fourth-order valence-corrected chi connectivity index (χ4v) is 9.42. The molecule has 3 heterocycles. The minimum Gasteiger partial charge on any atom is -0.244 e. The molecule has 0 unspecified atom stereocenters. The lowest BCUT2D eigenvalue weighted by Crippen LogP contribution is -1.96. The first-order valence-corrected chi connectivity index (χ1v) is 17.7. The van der Waals surface area contributed by atoms with E-state index in [2.05, 4.69) is 133 Å². The van der Waals surface area contributed by atoms with Crippen molar-refractivity contribution in [3.8, 4) is 44.8 Å². The maximum absolute atomic E-state index is 5.23. The molecular formula is C44H26N2S2. The first-order valence-electron chi connectivity index (χ1n) is 16.1.